The molecule has 1 N–H and O–H groups in total. The Labute approximate surface area is 143 Å². The lowest BCUT2D eigenvalue weighted by Gasteiger charge is -2.53. The zero-order valence-electron chi connectivity index (χ0n) is 13.9. The molecule has 1 aromatic rings. The second kappa shape index (κ2) is 6.97. The van der Waals surface area contributed by atoms with Crippen molar-refractivity contribution in [1.82, 2.24) is 10.2 Å². The van der Waals surface area contributed by atoms with Crippen LogP contribution in [-0.4, -0.2) is 29.1 Å². The third-order valence-electron chi connectivity index (χ3n) is 5.44. The number of hydrogen-bond donors (Lipinski definition) is 1. The lowest BCUT2D eigenvalue weighted by Crippen LogP contribution is -2.68. The normalized spacial score (nSPS) is 26.0. The Bertz CT molecular complexity index is 453. The summed E-state index contributed by atoms with van der Waals surface area (Å²) in [6.45, 7) is 12.6. The van der Waals surface area contributed by atoms with Crippen LogP contribution in [0.3, 0.4) is 0 Å². The van der Waals surface area contributed by atoms with E-state index < -0.39 is 0 Å². The van der Waals surface area contributed by atoms with Gasteiger partial charge >= 0.3 is 0 Å². The van der Waals surface area contributed by atoms with Crippen LogP contribution >= 0.6 is 22.6 Å². The molecule has 1 aromatic carbocycles. The van der Waals surface area contributed by atoms with Crippen LogP contribution in [0.25, 0.3) is 0 Å². The molecule has 118 valence electrons. The van der Waals surface area contributed by atoms with Crippen molar-refractivity contribution in [2.24, 2.45) is 0 Å². The lowest BCUT2D eigenvalue weighted by atomic mass is 9.82. The fourth-order valence-corrected chi connectivity index (χ4v) is 3.71. The molecule has 21 heavy (non-hydrogen) atoms. The molecule has 3 heteroatoms. The van der Waals surface area contributed by atoms with Crippen LogP contribution in [0.1, 0.15) is 52.5 Å². The van der Waals surface area contributed by atoms with Crippen LogP contribution in [-0.2, 0) is 6.54 Å². The van der Waals surface area contributed by atoms with Gasteiger partial charge in [-0.05, 0) is 66.5 Å². The van der Waals surface area contributed by atoms with Gasteiger partial charge in [-0.2, -0.15) is 0 Å². The van der Waals surface area contributed by atoms with Gasteiger partial charge in [0.25, 0.3) is 0 Å². The molecule has 0 amide bonds. The number of hydrogen-bond acceptors (Lipinski definition) is 2. The SMILES string of the molecule is CCC1(C)CN(Cc2ccc(I)cc2)C(CC)(CC)CN1. The summed E-state index contributed by atoms with van der Waals surface area (Å²) in [6, 6.07) is 9.00. The van der Waals surface area contributed by atoms with Crippen molar-refractivity contribution in [3.8, 4) is 0 Å². The number of nitrogens with one attached hydrogen (secondary N) is 1. The molecule has 0 saturated carbocycles. The zero-order valence-corrected chi connectivity index (χ0v) is 16.0. The van der Waals surface area contributed by atoms with E-state index in [4.69, 9.17) is 0 Å². The average molecular weight is 400 g/mol. The van der Waals surface area contributed by atoms with E-state index in [1.54, 1.807) is 0 Å². The van der Waals surface area contributed by atoms with Crippen molar-refractivity contribution >= 4 is 22.6 Å². The molecule has 1 fully saturated rings. The second-order valence-corrected chi connectivity index (χ2v) is 7.93. The Morgan fingerprint density at radius 1 is 1.10 bits per heavy atom. The third kappa shape index (κ3) is 3.80. The summed E-state index contributed by atoms with van der Waals surface area (Å²) in [5.41, 5.74) is 1.98. The van der Waals surface area contributed by atoms with Gasteiger partial charge in [0.15, 0.2) is 0 Å². The molecule has 1 unspecified atom stereocenters. The highest BCUT2D eigenvalue weighted by Crippen LogP contribution is 2.32. The molecule has 1 heterocycles. The van der Waals surface area contributed by atoms with Crippen LogP contribution in [0.4, 0.5) is 0 Å². The van der Waals surface area contributed by atoms with Gasteiger partial charge < -0.3 is 5.32 Å². The van der Waals surface area contributed by atoms with Gasteiger partial charge in [-0.25, -0.2) is 0 Å². The summed E-state index contributed by atoms with van der Waals surface area (Å²) in [6.07, 6.45) is 3.60. The molecule has 0 aromatic heterocycles. The van der Waals surface area contributed by atoms with E-state index in [1.165, 1.54) is 28.4 Å². The highest BCUT2D eigenvalue weighted by atomic mass is 127. The van der Waals surface area contributed by atoms with Crippen molar-refractivity contribution in [2.75, 3.05) is 13.1 Å². The van der Waals surface area contributed by atoms with E-state index in [0.717, 1.165) is 19.6 Å². The van der Waals surface area contributed by atoms with Crippen LogP contribution < -0.4 is 5.32 Å². The van der Waals surface area contributed by atoms with E-state index in [-0.39, 0.29) is 5.54 Å². The van der Waals surface area contributed by atoms with E-state index in [9.17, 15) is 0 Å². The quantitative estimate of drug-likeness (QED) is 0.736. The fourth-order valence-electron chi connectivity index (χ4n) is 3.35. The predicted octanol–water partition coefficient (Wildman–Crippen LogP) is 4.42. The van der Waals surface area contributed by atoms with Gasteiger partial charge in [0, 0.05) is 34.3 Å². The standard InChI is InChI=1S/C18H29IN2/c1-5-17(4)14-21(18(6-2,7-3)13-20-17)12-15-8-10-16(19)11-9-15/h8-11,20H,5-7,12-14H2,1-4H3. The summed E-state index contributed by atoms with van der Waals surface area (Å²) in [5, 5.41) is 3.82. The van der Waals surface area contributed by atoms with Crippen molar-refractivity contribution in [3.63, 3.8) is 0 Å². The molecule has 2 rings (SSSR count). The highest BCUT2D eigenvalue weighted by Gasteiger charge is 2.42. The van der Waals surface area contributed by atoms with Gasteiger partial charge in [0.1, 0.15) is 0 Å². The molecule has 0 spiro atoms. The molecule has 0 radical (unpaired) electrons. The molecule has 1 atom stereocenters. The summed E-state index contributed by atoms with van der Waals surface area (Å²) >= 11 is 2.38. The number of piperazine rings is 1. The molecule has 0 bridgehead atoms. The van der Waals surface area contributed by atoms with Crippen molar-refractivity contribution in [2.45, 2.75) is 64.6 Å². The zero-order chi connectivity index (χ0) is 15.5. The van der Waals surface area contributed by atoms with E-state index >= 15 is 0 Å². The number of halogens is 1. The topological polar surface area (TPSA) is 15.3 Å². The van der Waals surface area contributed by atoms with Gasteiger partial charge in [0.2, 0.25) is 0 Å². The van der Waals surface area contributed by atoms with Crippen molar-refractivity contribution in [1.29, 1.82) is 0 Å². The summed E-state index contributed by atoms with van der Waals surface area (Å²) in [7, 11) is 0. The number of benzene rings is 1. The van der Waals surface area contributed by atoms with Gasteiger partial charge in [-0.3, -0.25) is 4.90 Å². The van der Waals surface area contributed by atoms with Crippen LogP contribution in [0.5, 0.6) is 0 Å². The van der Waals surface area contributed by atoms with Gasteiger partial charge in [0.05, 0.1) is 0 Å². The molecule has 2 nitrogen and oxygen atoms in total. The minimum atomic E-state index is 0.247. The second-order valence-electron chi connectivity index (χ2n) is 6.68. The first-order valence-electron chi connectivity index (χ1n) is 8.21. The Balaban J connectivity index is 2.22. The smallest absolute Gasteiger partial charge is 0.0333 e. The first-order valence-corrected chi connectivity index (χ1v) is 9.29. The Morgan fingerprint density at radius 2 is 1.71 bits per heavy atom. The fraction of sp³-hybridized carbons (Fsp3) is 0.667. The molecular formula is C18H29IN2. The number of rotatable bonds is 5. The number of nitrogens with zero attached hydrogens (tertiary/aromatic N) is 1. The first-order chi connectivity index (χ1) is 9.97. The Kier molecular flexibility index (Phi) is 5.71. The van der Waals surface area contributed by atoms with Crippen molar-refractivity contribution in [3.05, 3.63) is 33.4 Å². The summed E-state index contributed by atoms with van der Waals surface area (Å²) < 4.78 is 1.31. The monoisotopic (exact) mass is 400 g/mol. The average Bonchev–Trinajstić information content (AvgIpc) is 2.51. The van der Waals surface area contributed by atoms with E-state index in [2.05, 4.69) is 84.8 Å². The summed E-state index contributed by atoms with van der Waals surface area (Å²) in [5.74, 6) is 0. The minimum Gasteiger partial charge on any atom is -0.308 e. The maximum absolute atomic E-state index is 3.82. The highest BCUT2D eigenvalue weighted by molar-refractivity contribution is 14.1. The molecule has 0 aliphatic carbocycles. The molecule has 1 aliphatic rings. The molecule has 1 saturated heterocycles. The van der Waals surface area contributed by atoms with Crippen LogP contribution in [0, 0.1) is 3.57 Å². The lowest BCUT2D eigenvalue weighted by molar-refractivity contribution is -0.00407. The third-order valence-corrected chi connectivity index (χ3v) is 6.16. The minimum absolute atomic E-state index is 0.247. The van der Waals surface area contributed by atoms with Crippen LogP contribution in [0.15, 0.2) is 24.3 Å². The van der Waals surface area contributed by atoms with Gasteiger partial charge in [-0.1, -0.05) is 32.9 Å². The van der Waals surface area contributed by atoms with Crippen molar-refractivity contribution < 1.29 is 0 Å². The Hall–Kier alpha value is -0.130. The molecule has 1 aliphatic heterocycles. The molecular weight excluding hydrogens is 371 g/mol. The maximum atomic E-state index is 3.82. The van der Waals surface area contributed by atoms with E-state index in [0.29, 0.717) is 5.54 Å². The first kappa shape index (κ1) is 17.2. The largest absolute Gasteiger partial charge is 0.308 e. The maximum Gasteiger partial charge on any atom is 0.0333 e. The van der Waals surface area contributed by atoms with Crippen LogP contribution in [0.2, 0.25) is 0 Å². The van der Waals surface area contributed by atoms with Gasteiger partial charge in [-0.15, -0.1) is 0 Å². The predicted molar refractivity (Wildman–Crippen MR) is 99.6 cm³/mol. The van der Waals surface area contributed by atoms with E-state index in [1.807, 2.05) is 0 Å². The Morgan fingerprint density at radius 3 is 2.24 bits per heavy atom. The summed E-state index contributed by atoms with van der Waals surface area (Å²) in [4.78, 5) is 2.73.